The van der Waals surface area contributed by atoms with E-state index in [-0.39, 0.29) is 6.61 Å². The second kappa shape index (κ2) is 8.55. The fraction of sp³-hybridized carbons (Fsp3) is 0.167. The minimum Gasteiger partial charge on any atom is -0.395 e. The van der Waals surface area contributed by atoms with Crippen molar-refractivity contribution in [3.63, 3.8) is 0 Å². The predicted molar refractivity (Wildman–Crippen MR) is 102 cm³/mol. The Morgan fingerprint density at radius 2 is 1.88 bits per heavy atom. The van der Waals surface area contributed by atoms with Crippen LogP contribution in [0, 0.1) is 0 Å². The Hall–Kier alpha value is -2.51. The van der Waals surface area contributed by atoms with Gasteiger partial charge in [0.05, 0.1) is 12.3 Å². The van der Waals surface area contributed by atoms with E-state index < -0.39 is 0 Å². The van der Waals surface area contributed by atoms with Crippen molar-refractivity contribution < 1.29 is 5.11 Å². The highest BCUT2D eigenvalue weighted by Crippen LogP contribution is 2.21. The number of hydrogen-bond acceptors (Lipinski definition) is 6. The second-order valence-corrected chi connectivity index (χ2v) is 6.25. The Bertz CT molecular complexity index is 811. The van der Waals surface area contributed by atoms with Crippen LogP contribution in [0.1, 0.15) is 5.56 Å². The fourth-order valence-corrected chi connectivity index (χ4v) is 2.51. The number of hydrogen-bond donors (Lipinski definition) is 3. The van der Waals surface area contributed by atoms with E-state index in [1.54, 1.807) is 12.4 Å². The van der Waals surface area contributed by atoms with Crippen molar-refractivity contribution in [1.29, 1.82) is 0 Å². The third kappa shape index (κ3) is 4.98. The predicted octanol–water partition coefficient (Wildman–Crippen LogP) is 3.32. The number of rotatable bonds is 7. The minimum absolute atomic E-state index is 0.0160. The van der Waals surface area contributed by atoms with Crippen LogP contribution >= 0.6 is 15.9 Å². The molecule has 0 aliphatic rings. The molecule has 2 heterocycles. The molecule has 0 atom stereocenters. The monoisotopic (exact) mass is 399 g/mol. The molecule has 0 aliphatic carbocycles. The standard InChI is InChI=1S/C18H18BrN5O/c19-15-5-3-13(4-6-15)11-22-17-10-16(14-2-1-7-20-12-14)23-18(24-17)21-8-9-25/h1-7,10,12,25H,8-9,11H2,(H2,21,22,23,24). The Morgan fingerprint density at radius 1 is 1.04 bits per heavy atom. The van der Waals surface area contributed by atoms with E-state index in [1.165, 1.54) is 0 Å². The number of nitrogens with one attached hydrogen (secondary N) is 2. The van der Waals surface area contributed by atoms with Gasteiger partial charge < -0.3 is 15.7 Å². The van der Waals surface area contributed by atoms with Gasteiger partial charge in [0.1, 0.15) is 5.82 Å². The van der Waals surface area contributed by atoms with Crippen LogP contribution in [0.2, 0.25) is 0 Å². The molecular weight excluding hydrogens is 382 g/mol. The maximum Gasteiger partial charge on any atom is 0.225 e. The summed E-state index contributed by atoms with van der Waals surface area (Å²) >= 11 is 3.43. The molecule has 0 saturated heterocycles. The summed E-state index contributed by atoms with van der Waals surface area (Å²) in [5.41, 5.74) is 2.82. The highest BCUT2D eigenvalue weighted by molar-refractivity contribution is 9.10. The lowest BCUT2D eigenvalue weighted by molar-refractivity contribution is 0.311. The fourth-order valence-electron chi connectivity index (χ4n) is 2.24. The van der Waals surface area contributed by atoms with Crippen LogP contribution < -0.4 is 10.6 Å². The summed E-state index contributed by atoms with van der Waals surface area (Å²) in [5.74, 6) is 1.17. The molecular formula is C18H18BrN5O. The normalized spacial score (nSPS) is 10.5. The van der Waals surface area contributed by atoms with E-state index in [9.17, 15) is 0 Å². The van der Waals surface area contributed by atoms with Crippen LogP contribution in [-0.4, -0.2) is 33.2 Å². The van der Waals surface area contributed by atoms with Gasteiger partial charge in [-0.1, -0.05) is 28.1 Å². The first-order valence-electron chi connectivity index (χ1n) is 7.87. The quantitative estimate of drug-likeness (QED) is 0.565. The zero-order valence-corrected chi connectivity index (χ0v) is 15.1. The van der Waals surface area contributed by atoms with Gasteiger partial charge in [0, 0.05) is 41.6 Å². The van der Waals surface area contributed by atoms with E-state index in [0.29, 0.717) is 24.9 Å². The van der Waals surface area contributed by atoms with Crippen molar-refractivity contribution in [3.8, 4) is 11.3 Å². The largest absolute Gasteiger partial charge is 0.395 e. The molecule has 2 aromatic heterocycles. The molecule has 0 unspecified atom stereocenters. The summed E-state index contributed by atoms with van der Waals surface area (Å²) in [6, 6.07) is 13.8. The zero-order valence-electron chi connectivity index (χ0n) is 13.5. The maximum atomic E-state index is 9.01. The second-order valence-electron chi connectivity index (χ2n) is 5.33. The molecule has 6 nitrogen and oxygen atoms in total. The molecule has 0 spiro atoms. The smallest absolute Gasteiger partial charge is 0.225 e. The van der Waals surface area contributed by atoms with Crippen molar-refractivity contribution in [2.45, 2.75) is 6.54 Å². The molecule has 1 aromatic carbocycles. The lowest BCUT2D eigenvalue weighted by Crippen LogP contribution is -2.11. The first-order valence-corrected chi connectivity index (χ1v) is 8.66. The third-order valence-corrected chi connectivity index (χ3v) is 3.99. The number of benzene rings is 1. The number of aromatic nitrogens is 3. The zero-order chi connectivity index (χ0) is 17.5. The first-order chi connectivity index (χ1) is 12.2. The number of aliphatic hydroxyl groups excluding tert-OH is 1. The number of pyridine rings is 1. The van der Waals surface area contributed by atoms with Crippen LogP contribution in [0.15, 0.2) is 59.3 Å². The van der Waals surface area contributed by atoms with Gasteiger partial charge in [-0.3, -0.25) is 4.98 Å². The summed E-state index contributed by atoms with van der Waals surface area (Å²) in [6.07, 6.45) is 3.49. The van der Waals surface area contributed by atoms with Gasteiger partial charge in [0.2, 0.25) is 5.95 Å². The minimum atomic E-state index is 0.0160. The summed E-state index contributed by atoms with van der Waals surface area (Å²) in [6.45, 7) is 1.06. The SMILES string of the molecule is OCCNc1nc(NCc2ccc(Br)cc2)cc(-c2cccnc2)n1. The van der Waals surface area contributed by atoms with E-state index in [2.05, 4.69) is 41.5 Å². The Morgan fingerprint density at radius 3 is 2.60 bits per heavy atom. The number of nitrogens with zero attached hydrogens (tertiary/aromatic N) is 3. The number of halogens is 1. The Kier molecular flexibility index (Phi) is 5.92. The summed E-state index contributed by atoms with van der Waals surface area (Å²) in [5, 5.41) is 15.3. The van der Waals surface area contributed by atoms with Crippen molar-refractivity contribution in [3.05, 3.63) is 64.9 Å². The first kappa shape index (κ1) is 17.3. The summed E-state index contributed by atoms with van der Waals surface area (Å²) < 4.78 is 1.05. The average molecular weight is 400 g/mol. The molecule has 3 rings (SSSR count). The number of anilines is 2. The third-order valence-electron chi connectivity index (χ3n) is 3.47. The van der Waals surface area contributed by atoms with E-state index in [4.69, 9.17) is 5.11 Å². The molecule has 128 valence electrons. The molecule has 0 fully saturated rings. The van der Waals surface area contributed by atoms with Gasteiger partial charge in [-0.05, 0) is 29.8 Å². The Balaban J connectivity index is 1.82. The van der Waals surface area contributed by atoms with Crippen LogP contribution in [0.5, 0.6) is 0 Å². The molecule has 0 amide bonds. The molecule has 25 heavy (non-hydrogen) atoms. The highest BCUT2D eigenvalue weighted by atomic mass is 79.9. The van der Waals surface area contributed by atoms with E-state index >= 15 is 0 Å². The van der Waals surface area contributed by atoms with Gasteiger partial charge in [0.15, 0.2) is 0 Å². The van der Waals surface area contributed by atoms with Crippen molar-refractivity contribution in [2.75, 3.05) is 23.8 Å². The number of aliphatic hydroxyl groups is 1. The van der Waals surface area contributed by atoms with Gasteiger partial charge in [0.25, 0.3) is 0 Å². The lowest BCUT2D eigenvalue weighted by Gasteiger charge is -2.11. The highest BCUT2D eigenvalue weighted by Gasteiger charge is 2.07. The molecule has 0 saturated carbocycles. The van der Waals surface area contributed by atoms with Crippen LogP contribution in [-0.2, 0) is 6.54 Å². The van der Waals surface area contributed by atoms with Gasteiger partial charge in [-0.2, -0.15) is 4.98 Å². The summed E-state index contributed by atoms with van der Waals surface area (Å²) in [4.78, 5) is 13.1. The lowest BCUT2D eigenvalue weighted by atomic mass is 10.2. The van der Waals surface area contributed by atoms with Gasteiger partial charge >= 0.3 is 0 Å². The molecule has 7 heteroatoms. The van der Waals surface area contributed by atoms with Crippen molar-refractivity contribution in [2.24, 2.45) is 0 Å². The summed E-state index contributed by atoms with van der Waals surface area (Å²) in [7, 11) is 0. The van der Waals surface area contributed by atoms with Crippen molar-refractivity contribution >= 4 is 27.7 Å². The van der Waals surface area contributed by atoms with Gasteiger partial charge in [-0.25, -0.2) is 4.98 Å². The van der Waals surface area contributed by atoms with Gasteiger partial charge in [-0.15, -0.1) is 0 Å². The molecule has 3 N–H and O–H groups in total. The molecule has 0 aliphatic heterocycles. The maximum absolute atomic E-state index is 9.01. The van der Waals surface area contributed by atoms with E-state index in [0.717, 1.165) is 21.3 Å². The average Bonchev–Trinajstić information content (AvgIpc) is 2.66. The Labute approximate surface area is 154 Å². The van der Waals surface area contributed by atoms with E-state index in [1.807, 2.05) is 42.5 Å². The van der Waals surface area contributed by atoms with Crippen LogP contribution in [0.25, 0.3) is 11.3 Å². The molecule has 3 aromatic rings. The van der Waals surface area contributed by atoms with Crippen LogP contribution in [0.3, 0.4) is 0 Å². The molecule has 0 radical (unpaired) electrons. The van der Waals surface area contributed by atoms with Crippen LogP contribution in [0.4, 0.5) is 11.8 Å². The topological polar surface area (TPSA) is 83.0 Å². The van der Waals surface area contributed by atoms with Crippen molar-refractivity contribution in [1.82, 2.24) is 15.0 Å². The molecule has 0 bridgehead atoms.